The summed E-state index contributed by atoms with van der Waals surface area (Å²) in [6.45, 7) is 3.94. The van der Waals surface area contributed by atoms with Gasteiger partial charge in [-0.15, -0.1) is 11.3 Å². The van der Waals surface area contributed by atoms with E-state index in [0.717, 1.165) is 39.0 Å². The Bertz CT molecular complexity index is 1690. The highest BCUT2D eigenvalue weighted by molar-refractivity contribution is 7.17. The molecular weight excluding hydrogens is 514 g/mol. The summed E-state index contributed by atoms with van der Waals surface area (Å²) >= 11 is 1.44. The van der Waals surface area contributed by atoms with Crippen molar-refractivity contribution in [2.45, 2.75) is 13.2 Å². The summed E-state index contributed by atoms with van der Waals surface area (Å²) in [6.07, 6.45) is -0.295. The molecule has 10 nitrogen and oxygen atoms in total. The zero-order valence-electron chi connectivity index (χ0n) is 21.5. The predicted octanol–water partition coefficient (Wildman–Crippen LogP) is 4.94. The monoisotopic (exact) mass is 541 g/mol. The number of anilines is 5. The molecule has 1 saturated heterocycles. The van der Waals surface area contributed by atoms with Crippen LogP contribution in [0.15, 0.2) is 60.0 Å². The van der Waals surface area contributed by atoms with Crippen LogP contribution in [0.25, 0.3) is 21.0 Å². The van der Waals surface area contributed by atoms with E-state index in [2.05, 4.69) is 37.6 Å². The Morgan fingerprint density at radius 1 is 1.15 bits per heavy atom. The molecular formula is C28H27N7O3S. The SMILES string of the molecule is COC1CN(c2ccccc2Nc2nc(NC(=O)c3nc(N)c4sccc4n3)cc3cc(C)ccc23)CCO1. The van der Waals surface area contributed by atoms with E-state index >= 15 is 0 Å². The van der Waals surface area contributed by atoms with Gasteiger partial charge in [0.1, 0.15) is 17.5 Å². The molecule has 1 amide bonds. The van der Waals surface area contributed by atoms with E-state index < -0.39 is 5.91 Å². The van der Waals surface area contributed by atoms with Crippen LogP contribution in [0.3, 0.4) is 0 Å². The highest BCUT2D eigenvalue weighted by Crippen LogP contribution is 2.34. The number of amides is 1. The van der Waals surface area contributed by atoms with Crippen molar-refractivity contribution in [1.82, 2.24) is 15.0 Å². The third-order valence-corrected chi connectivity index (χ3v) is 7.48. The number of hydrogen-bond donors (Lipinski definition) is 3. The molecule has 3 aromatic heterocycles. The Balaban J connectivity index is 1.35. The topological polar surface area (TPSA) is 128 Å². The molecule has 1 aliphatic rings. The van der Waals surface area contributed by atoms with Crippen molar-refractivity contribution in [3.63, 3.8) is 0 Å². The van der Waals surface area contributed by atoms with Gasteiger partial charge in [-0.05, 0) is 42.0 Å². The molecule has 4 N–H and O–H groups in total. The number of methoxy groups -OCH3 is 1. The first-order valence-electron chi connectivity index (χ1n) is 12.5. The standard InChI is InChI=1S/C28H27N7O3S/c1-16-7-8-18-17(13-16)14-22(33-28(36)27-31-20-9-12-39-24(20)25(29)34-27)32-26(18)30-19-5-3-4-6-21(19)35-10-11-38-23(15-35)37-2/h3-9,12-14,23H,10-11,15H2,1-2H3,(H2,29,31,34)(H2,30,32,33,36). The van der Waals surface area contributed by atoms with Crippen molar-refractivity contribution < 1.29 is 14.3 Å². The molecule has 0 saturated carbocycles. The van der Waals surface area contributed by atoms with Crippen LogP contribution in [0.1, 0.15) is 16.2 Å². The fourth-order valence-electron chi connectivity index (χ4n) is 4.66. The van der Waals surface area contributed by atoms with Crippen molar-refractivity contribution in [3.8, 4) is 0 Å². The van der Waals surface area contributed by atoms with Gasteiger partial charge in [-0.25, -0.2) is 15.0 Å². The van der Waals surface area contributed by atoms with Gasteiger partial charge < -0.3 is 30.7 Å². The molecule has 11 heteroatoms. The Morgan fingerprint density at radius 3 is 2.90 bits per heavy atom. The van der Waals surface area contributed by atoms with Gasteiger partial charge >= 0.3 is 0 Å². The van der Waals surface area contributed by atoms with Crippen molar-refractivity contribution in [2.24, 2.45) is 0 Å². The second-order valence-electron chi connectivity index (χ2n) is 9.23. The van der Waals surface area contributed by atoms with Gasteiger partial charge in [0.05, 0.1) is 34.7 Å². The van der Waals surface area contributed by atoms with Crippen LogP contribution >= 0.6 is 11.3 Å². The molecule has 1 atom stereocenters. The largest absolute Gasteiger partial charge is 0.382 e. The summed E-state index contributed by atoms with van der Waals surface area (Å²) < 4.78 is 11.9. The van der Waals surface area contributed by atoms with Gasteiger partial charge in [0.2, 0.25) is 5.82 Å². The molecule has 39 heavy (non-hydrogen) atoms. The lowest BCUT2D eigenvalue weighted by atomic mass is 10.1. The summed E-state index contributed by atoms with van der Waals surface area (Å²) in [7, 11) is 1.65. The summed E-state index contributed by atoms with van der Waals surface area (Å²) in [5.41, 5.74) is 9.68. The summed E-state index contributed by atoms with van der Waals surface area (Å²) in [6, 6.07) is 17.8. The third kappa shape index (κ3) is 5.07. The maximum atomic E-state index is 13.1. The molecule has 2 aromatic carbocycles. The van der Waals surface area contributed by atoms with Crippen LogP contribution in [0.5, 0.6) is 0 Å². The molecule has 0 radical (unpaired) electrons. The summed E-state index contributed by atoms with van der Waals surface area (Å²) in [4.78, 5) is 28.7. The molecule has 0 aliphatic carbocycles. The number of nitrogens with one attached hydrogen (secondary N) is 2. The number of pyridine rings is 1. The van der Waals surface area contributed by atoms with Crippen LogP contribution in [0.2, 0.25) is 0 Å². The number of benzene rings is 2. The van der Waals surface area contributed by atoms with E-state index in [9.17, 15) is 4.79 Å². The molecule has 198 valence electrons. The smallest absolute Gasteiger partial charge is 0.294 e. The van der Waals surface area contributed by atoms with Crippen LogP contribution in [-0.2, 0) is 9.47 Å². The number of morpholine rings is 1. The van der Waals surface area contributed by atoms with Crippen molar-refractivity contribution in [1.29, 1.82) is 0 Å². The second-order valence-corrected chi connectivity index (χ2v) is 10.1. The van der Waals surface area contributed by atoms with Crippen molar-refractivity contribution in [3.05, 3.63) is 71.4 Å². The zero-order valence-corrected chi connectivity index (χ0v) is 22.3. The van der Waals surface area contributed by atoms with E-state index in [4.69, 9.17) is 20.2 Å². The predicted molar refractivity (Wildman–Crippen MR) is 155 cm³/mol. The lowest BCUT2D eigenvalue weighted by Gasteiger charge is -2.34. The van der Waals surface area contributed by atoms with Gasteiger partial charge in [-0.2, -0.15) is 0 Å². The minimum Gasteiger partial charge on any atom is -0.382 e. The number of aromatic nitrogens is 3. The minimum absolute atomic E-state index is 0.00981. The van der Waals surface area contributed by atoms with Crippen LogP contribution < -0.4 is 21.3 Å². The number of rotatable bonds is 6. The lowest BCUT2D eigenvalue weighted by Crippen LogP contribution is -2.43. The van der Waals surface area contributed by atoms with Crippen LogP contribution in [0, 0.1) is 6.92 Å². The third-order valence-electron chi connectivity index (χ3n) is 6.56. The Hall–Kier alpha value is -4.32. The van der Waals surface area contributed by atoms with Gasteiger partial charge in [-0.1, -0.05) is 35.9 Å². The molecule has 1 aliphatic heterocycles. The molecule has 6 rings (SSSR count). The molecule has 1 fully saturated rings. The molecule has 1 unspecified atom stereocenters. The number of nitrogen functional groups attached to an aromatic ring is 1. The molecule has 0 bridgehead atoms. The number of carbonyl (C=O) groups is 1. The lowest BCUT2D eigenvalue weighted by molar-refractivity contribution is -0.128. The van der Waals surface area contributed by atoms with Gasteiger partial charge in [0, 0.05) is 19.0 Å². The highest BCUT2D eigenvalue weighted by atomic mass is 32.1. The fourth-order valence-corrected chi connectivity index (χ4v) is 5.39. The Labute approximate surface area is 228 Å². The number of nitrogens with zero attached hydrogens (tertiary/aromatic N) is 4. The van der Waals surface area contributed by atoms with E-state index in [-0.39, 0.29) is 17.9 Å². The number of thiophene rings is 1. The number of nitrogens with two attached hydrogens (primary N) is 1. The Morgan fingerprint density at radius 2 is 2.03 bits per heavy atom. The maximum absolute atomic E-state index is 13.1. The highest BCUT2D eigenvalue weighted by Gasteiger charge is 2.22. The quantitative estimate of drug-likeness (QED) is 0.274. The number of aryl methyl sites for hydroxylation is 1. The maximum Gasteiger partial charge on any atom is 0.294 e. The number of carbonyl (C=O) groups excluding carboxylic acids is 1. The van der Waals surface area contributed by atoms with E-state index in [1.807, 2.05) is 54.8 Å². The Kier molecular flexibility index (Phi) is 6.69. The number of para-hydroxylation sites is 2. The summed E-state index contributed by atoms with van der Waals surface area (Å²) in [5, 5.41) is 10.1. The first-order chi connectivity index (χ1) is 19.0. The molecule has 5 aromatic rings. The first kappa shape index (κ1) is 25.0. The summed E-state index contributed by atoms with van der Waals surface area (Å²) in [5.74, 6) is 0.765. The zero-order chi connectivity index (χ0) is 26.9. The van der Waals surface area contributed by atoms with Crippen LogP contribution in [-0.4, -0.2) is 54.0 Å². The van der Waals surface area contributed by atoms with Crippen LogP contribution in [0.4, 0.5) is 28.8 Å². The number of fused-ring (bicyclic) bond motifs is 2. The van der Waals surface area contributed by atoms with Gasteiger partial charge in [-0.3, -0.25) is 4.79 Å². The first-order valence-corrected chi connectivity index (χ1v) is 13.4. The molecule has 0 spiro atoms. The number of ether oxygens (including phenoxy) is 2. The van der Waals surface area contributed by atoms with E-state index in [0.29, 0.717) is 30.3 Å². The fraction of sp³-hybridized carbons (Fsp3) is 0.214. The average Bonchev–Trinajstić information content (AvgIpc) is 3.43. The van der Waals surface area contributed by atoms with Crippen molar-refractivity contribution in [2.75, 3.05) is 48.1 Å². The average molecular weight is 542 g/mol. The molecule has 4 heterocycles. The van der Waals surface area contributed by atoms with Gasteiger partial charge in [0.15, 0.2) is 6.29 Å². The number of hydrogen-bond acceptors (Lipinski definition) is 10. The second kappa shape index (κ2) is 10.4. The van der Waals surface area contributed by atoms with E-state index in [1.165, 1.54) is 11.3 Å². The van der Waals surface area contributed by atoms with Gasteiger partial charge in [0.25, 0.3) is 5.91 Å². The van der Waals surface area contributed by atoms with E-state index in [1.54, 1.807) is 7.11 Å². The minimum atomic E-state index is -0.487. The van der Waals surface area contributed by atoms with Crippen molar-refractivity contribution >= 4 is 67.1 Å². The normalized spacial score (nSPS) is 15.5.